The van der Waals surface area contributed by atoms with Gasteiger partial charge in [0, 0.05) is 65.4 Å². The average Bonchev–Trinajstić information content (AvgIpc) is 2.93. The van der Waals surface area contributed by atoms with Crippen molar-refractivity contribution in [3.63, 3.8) is 0 Å². The third-order valence-electron chi connectivity index (χ3n) is 3.75. The van der Waals surface area contributed by atoms with E-state index in [1.165, 1.54) is 5.69 Å². The van der Waals surface area contributed by atoms with Crippen molar-refractivity contribution in [2.45, 2.75) is 13.1 Å². The second-order valence-corrected chi connectivity index (χ2v) is 5.75. The summed E-state index contributed by atoms with van der Waals surface area (Å²) in [6.07, 6.45) is 3.87. The van der Waals surface area contributed by atoms with Gasteiger partial charge in [-0.15, -0.1) is 0 Å². The number of pyridine rings is 1. The van der Waals surface area contributed by atoms with Crippen LogP contribution in [0.4, 0.5) is 5.82 Å². The summed E-state index contributed by atoms with van der Waals surface area (Å²) in [6, 6.07) is 8.22. The summed E-state index contributed by atoms with van der Waals surface area (Å²) in [5.74, 6) is 1.83. The van der Waals surface area contributed by atoms with Gasteiger partial charge >= 0.3 is 0 Å². The summed E-state index contributed by atoms with van der Waals surface area (Å²) in [7, 11) is 9.90. The number of hydrogen-bond acceptors (Lipinski definition) is 3. The Hall–Kier alpha value is -2.50. The first kappa shape index (κ1) is 16.9. The van der Waals surface area contributed by atoms with Crippen LogP contribution in [0.15, 0.2) is 41.7 Å². The van der Waals surface area contributed by atoms with Crippen LogP contribution in [0.1, 0.15) is 11.3 Å². The molecule has 6 nitrogen and oxygen atoms in total. The van der Waals surface area contributed by atoms with Gasteiger partial charge in [-0.25, -0.2) is 4.98 Å². The molecule has 2 heterocycles. The highest BCUT2D eigenvalue weighted by molar-refractivity contribution is 5.79. The first-order valence-electron chi connectivity index (χ1n) is 7.66. The van der Waals surface area contributed by atoms with Crippen molar-refractivity contribution in [1.82, 2.24) is 19.8 Å². The zero-order valence-corrected chi connectivity index (χ0v) is 14.6. The van der Waals surface area contributed by atoms with Gasteiger partial charge in [0.2, 0.25) is 0 Å². The smallest absolute Gasteiger partial charge is 0.194 e. The molecule has 0 atom stereocenters. The van der Waals surface area contributed by atoms with Gasteiger partial charge in [-0.05, 0) is 18.2 Å². The van der Waals surface area contributed by atoms with Crippen LogP contribution in [0.25, 0.3) is 0 Å². The minimum atomic E-state index is 0.686. The summed E-state index contributed by atoms with van der Waals surface area (Å²) in [4.78, 5) is 12.9. The van der Waals surface area contributed by atoms with E-state index in [1.807, 2.05) is 38.3 Å². The minimum Gasteiger partial charge on any atom is -0.362 e. The summed E-state index contributed by atoms with van der Waals surface area (Å²) in [5, 5.41) is 3.41. The van der Waals surface area contributed by atoms with Crippen LogP contribution in [0.3, 0.4) is 0 Å². The number of guanidine groups is 1. The maximum atomic E-state index is 4.43. The molecule has 124 valence electrons. The van der Waals surface area contributed by atoms with Gasteiger partial charge in [-0.2, -0.15) is 0 Å². The lowest BCUT2D eigenvalue weighted by atomic mass is 10.2. The Bertz CT molecular complexity index is 659. The van der Waals surface area contributed by atoms with Crippen LogP contribution in [0, 0.1) is 0 Å². The fourth-order valence-electron chi connectivity index (χ4n) is 2.51. The van der Waals surface area contributed by atoms with E-state index >= 15 is 0 Å². The highest BCUT2D eigenvalue weighted by atomic mass is 15.3. The molecule has 0 aliphatic carbocycles. The summed E-state index contributed by atoms with van der Waals surface area (Å²) < 4.78 is 2.12. The van der Waals surface area contributed by atoms with Gasteiger partial charge in [0.25, 0.3) is 0 Å². The molecule has 0 saturated heterocycles. The molecule has 0 spiro atoms. The van der Waals surface area contributed by atoms with Crippen molar-refractivity contribution in [3.8, 4) is 0 Å². The van der Waals surface area contributed by atoms with E-state index < -0.39 is 0 Å². The number of rotatable bonds is 5. The first-order valence-corrected chi connectivity index (χ1v) is 7.66. The van der Waals surface area contributed by atoms with Crippen LogP contribution in [-0.2, 0) is 20.1 Å². The molecule has 0 unspecified atom stereocenters. The molecule has 0 aliphatic rings. The maximum Gasteiger partial charge on any atom is 0.194 e. The van der Waals surface area contributed by atoms with Gasteiger partial charge < -0.3 is 19.7 Å². The van der Waals surface area contributed by atoms with Gasteiger partial charge in [0.15, 0.2) is 5.96 Å². The maximum absolute atomic E-state index is 4.43. The highest BCUT2D eigenvalue weighted by Crippen LogP contribution is 2.14. The van der Waals surface area contributed by atoms with E-state index in [2.05, 4.69) is 56.2 Å². The van der Waals surface area contributed by atoms with Gasteiger partial charge in [-0.1, -0.05) is 6.07 Å². The zero-order valence-electron chi connectivity index (χ0n) is 14.6. The molecular formula is C17H26N6. The molecule has 23 heavy (non-hydrogen) atoms. The Morgan fingerprint density at radius 1 is 1.26 bits per heavy atom. The van der Waals surface area contributed by atoms with E-state index in [4.69, 9.17) is 0 Å². The molecule has 2 rings (SSSR count). The van der Waals surface area contributed by atoms with Crippen LogP contribution < -0.4 is 10.2 Å². The van der Waals surface area contributed by atoms with Crippen LogP contribution in [-0.4, -0.2) is 48.6 Å². The number of anilines is 1. The molecule has 1 N–H and O–H groups in total. The summed E-state index contributed by atoms with van der Waals surface area (Å²) >= 11 is 0. The normalized spacial score (nSPS) is 11.4. The lowest BCUT2D eigenvalue weighted by Gasteiger charge is -2.23. The largest absolute Gasteiger partial charge is 0.362 e. The Morgan fingerprint density at radius 3 is 2.65 bits per heavy atom. The van der Waals surface area contributed by atoms with Gasteiger partial charge in [-0.3, -0.25) is 4.99 Å². The monoisotopic (exact) mass is 314 g/mol. The molecule has 0 bridgehead atoms. The molecule has 0 radical (unpaired) electrons. The van der Waals surface area contributed by atoms with E-state index in [0.29, 0.717) is 6.54 Å². The van der Waals surface area contributed by atoms with Crippen molar-refractivity contribution in [2.24, 2.45) is 12.0 Å². The first-order chi connectivity index (χ1) is 11.0. The number of aryl methyl sites for hydroxylation is 1. The van der Waals surface area contributed by atoms with Crippen LogP contribution in [0.2, 0.25) is 0 Å². The predicted molar refractivity (Wildman–Crippen MR) is 95.6 cm³/mol. The molecule has 2 aromatic heterocycles. The molecule has 6 heteroatoms. The van der Waals surface area contributed by atoms with Crippen LogP contribution in [0.5, 0.6) is 0 Å². The van der Waals surface area contributed by atoms with Gasteiger partial charge in [0.05, 0.1) is 6.54 Å². The van der Waals surface area contributed by atoms with E-state index in [0.717, 1.165) is 23.9 Å². The standard InChI is InChI=1S/C17H26N6/c1-18-17(23(5)13-15-9-7-11-22(15)4)20-12-14-8-6-10-19-16(14)21(2)3/h6-11H,12-13H2,1-5H3,(H,18,20). The van der Waals surface area contributed by atoms with Crippen LogP contribution >= 0.6 is 0 Å². The third kappa shape index (κ3) is 4.25. The second-order valence-electron chi connectivity index (χ2n) is 5.75. The Labute approximate surface area is 138 Å². The SMILES string of the molecule is CN=C(NCc1cccnc1N(C)C)N(C)Cc1cccn1C. The number of aromatic nitrogens is 2. The summed E-state index contributed by atoms with van der Waals surface area (Å²) in [6.45, 7) is 1.49. The minimum absolute atomic E-state index is 0.686. The van der Waals surface area contributed by atoms with E-state index in [9.17, 15) is 0 Å². The molecule has 0 amide bonds. The van der Waals surface area contributed by atoms with Crippen molar-refractivity contribution in [1.29, 1.82) is 0 Å². The molecule has 0 aliphatic heterocycles. The highest BCUT2D eigenvalue weighted by Gasteiger charge is 2.10. The quantitative estimate of drug-likeness (QED) is 0.674. The second kappa shape index (κ2) is 7.67. The number of nitrogens with one attached hydrogen (secondary N) is 1. The molecule has 2 aromatic rings. The lowest BCUT2D eigenvalue weighted by Crippen LogP contribution is -2.38. The topological polar surface area (TPSA) is 48.7 Å². The fourth-order valence-corrected chi connectivity index (χ4v) is 2.51. The fraction of sp³-hybridized carbons (Fsp3) is 0.412. The van der Waals surface area contributed by atoms with E-state index in [1.54, 1.807) is 7.05 Å². The molecular weight excluding hydrogens is 288 g/mol. The molecule has 0 fully saturated rings. The van der Waals surface area contributed by atoms with Crippen molar-refractivity contribution in [3.05, 3.63) is 47.9 Å². The third-order valence-corrected chi connectivity index (χ3v) is 3.75. The van der Waals surface area contributed by atoms with Crippen molar-refractivity contribution >= 4 is 11.8 Å². The molecule has 0 aromatic carbocycles. The van der Waals surface area contributed by atoms with Crippen molar-refractivity contribution < 1.29 is 0 Å². The van der Waals surface area contributed by atoms with Gasteiger partial charge in [0.1, 0.15) is 5.82 Å². The Kier molecular flexibility index (Phi) is 5.62. The Balaban J connectivity index is 2.02. The lowest BCUT2D eigenvalue weighted by molar-refractivity contribution is 0.461. The zero-order chi connectivity index (χ0) is 16.8. The summed E-state index contributed by atoms with van der Waals surface area (Å²) in [5.41, 5.74) is 2.39. The van der Waals surface area contributed by atoms with E-state index in [-0.39, 0.29) is 0 Å². The molecule has 0 saturated carbocycles. The number of aliphatic imine (C=N–C) groups is 1. The Morgan fingerprint density at radius 2 is 2.04 bits per heavy atom. The number of hydrogen-bond donors (Lipinski definition) is 1. The van der Waals surface area contributed by atoms with Crippen molar-refractivity contribution in [2.75, 3.05) is 33.1 Å². The predicted octanol–water partition coefficient (Wildman–Crippen LogP) is 1.69. The number of nitrogens with zero attached hydrogens (tertiary/aromatic N) is 5. The average molecular weight is 314 g/mol.